The molecule has 3 heterocycles. The lowest BCUT2D eigenvalue weighted by Crippen LogP contribution is -2.42. The molecule has 10 nitrogen and oxygen atoms in total. The zero-order chi connectivity index (χ0) is 23.6. The summed E-state index contributed by atoms with van der Waals surface area (Å²) in [6.07, 6.45) is 5.87. The molecular weight excluding hydrogens is 446 g/mol. The van der Waals surface area contributed by atoms with E-state index in [0.29, 0.717) is 48.5 Å². The van der Waals surface area contributed by atoms with Crippen molar-refractivity contribution in [2.45, 2.75) is 50.2 Å². The van der Waals surface area contributed by atoms with Crippen LogP contribution in [0.2, 0.25) is 0 Å². The summed E-state index contributed by atoms with van der Waals surface area (Å²) in [4.78, 5) is 22.8. The lowest BCUT2D eigenvalue weighted by atomic mass is 10.1. The normalized spacial score (nSPS) is 16.0. The van der Waals surface area contributed by atoms with Crippen molar-refractivity contribution in [3.63, 3.8) is 0 Å². The lowest BCUT2D eigenvalue weighted by molar-refractivity contribution is 0.0455. The van der Waals surface area contributed by atoms with E-state index in [2.05, 4.69) is 15.1 Å². The molecular formula is C22H27N5O5S. The van der Waals surface area contributed by atoms with E-state index < -0.39 is 9.84 Å². The molecule has 0 radical (unpaired) electrons. The zero-order valence-corrected chi connectivity index (χ0v) is 19.7. The summed E-state index contributed by atoms with van der Waals surface area (Å²) in [5.41, 5.74) is 1.23. The van der Waals surface area contributed by atoms with E-state index in [9.17, 15) is 13.2 Å². The van der Waals surface area contributed by atoms with Crippen LogP contribution in [0.5, 0.6) is 5.88 Å². The number of amides is 1. The molecule has 4 rings (SSSR count). The predicted octanol–water partition coefficient (Wildman–Crippen LogP) is 3.00. The van der Waals surface area contributed by atoms with E-state index in [1.54, 1.807) is 27.9 Å². The van der Waals surface area contributed by atoms with Crippen LogP contribution in [0.3, 0.4) is 0 Å². The van der Waals surface area contributed by atoms with Crippen molar-refractivity contribution in [2.75, 3.05) is 19.3 Å². The Morgan fingerprint density at radius 2 is 1.88 bits per heavy atom. The fourth-order valence-electron chi connectivity index (χ4n) is 3.58. The molecule has 3 aromatic rings. The van der Waals surface area contributed by atoms with Crippen molar-refractivity contribution >= 4 is 27.0 Å². The molecule has 1 fully saturated rings. The summed E-state index contributed by atoms with van der Waals surface area (Å²) in [5.74, 6) is 0.430. The molecule has 2 aromatic heterocycles. The highest BCUT2D eigenvalue weighted by Crippen LogP contribution is 2.26. The Labute approximate surface area is 192 Å². The third-order valence-corrected chi connectivity index (χ3v) is 6.82. The number of piperidine rings is 1. The van der Waals surface area contributed by atoms with Gasteiger partial charge in [0.05, 0.1) is 16.8 Å². The van der Waals surface area contributed by atoms with Gasteiger partial charge in [0.2, 0.25) is 5.88 Å². The molecule has 0 bridgehead atoms. The van der Waals surface area contributed by atoms with E-state index in [-0.39, 0.29) is 23.2 Å². The van der Waals surface area contributed by atoms with E-state index in [4.69, 9.17) is 9.47 Å². The average Bonchev–Trinajstić information content (AvgIpc) is 3.24. The summed E-state index contributed by atoms with van der Waals surface area (Å²) in [6.45, 7) is 4.97. The van der Waals surface area contributed by atoms with Gasteiger partial charge in [0, 0.05) is 32.2 Å². The summed E-state index contributed by atoms with van der Waals surface area (Å²) in [5, 5.41) is 5.05. The van der Waals surface area contributed by atoms with Crippen LogP contribution in [0.1, 0.15) is 33.1 Å². The second-order valence-corrected chi connectivity index (χ2v) is 10.2. The maximum absolute atomic E-state index is 12.2. The first-order chi connectivity index (χ1) is 15.8. The fraction of sp³-hybridized carbons (Fsp3) is 0.455. The molecule has 1 aromatic carbocycles. The number of hydrogen-bond donors (Lipinski definition) is 0. The van der Waals surface area contributed by atoms with E-state index in [1.165, 1.54) is 24.7 Å². The number of sulfone groups is 1. The van der Waals surface area contributed by atoms with Crippen LogP contribution in [-0.4, -0.2) is 70.7 Å². The van der Waals surface area contributed by atoms with Gasteiger partial charge in [-0.2, -0.15) is 5.10 Å². The van der Waals surface area contributed by atoms with E-state index in [1.807, 2.05) is 13.8 Å². The van der Waals surface area contributed by atoms with Gasteiger partial charge in [-0.05, 0) is 37.6 Å². The number of fused-ring (bicyclic) bond motifs is 1. The van der Waals surface area contributed by atoms with Gasteiger partial charge in [0.15, 0.2) is 15.5 Å². The molecule has 11 heteroatoms. The Morgan fingerprint density at radius 1 is 1.18 bits per heavy atom. The summed E-state index contributed by atoms with van der Waals surface area (Å²) < 4.78 is 36.6. The molecule has 176 valence electrons. The largest absolute Gasteiger partial charge is 0.474 e. The first kappa shape index (κ1) is 23.0. The van der Waals surface area contributed by atoms with Crippen LogP contribution >= 0.6 is 0 Å². The van der Waals surface area contributed by atoms with Crippen LogP contribution in [0.15, 0.2) is 41.7 Å². The van der Waals surface area contributed by atoms with Crippen LogP contribution in [-0.2, 0) is 14.6 Å². The number of carbonyl (C=O) groups excluding carboxylic acids is 1. The minimum atomic E-state index is -3.28. The minimum Gasteiger partial charge on any atom is -0.474 e. The smallest absolute Gasteiger partial charge is 0.410 e. The molecule has 0 N–H and O–H groups in total. The molecule has 1 aliphatic heterocycles. The third-order valence-electron chi connectivity index (χ3n) is 5.69. The van der Waals surface area contributed by atoms with Gasteiger partial charge in [-0.15, -0.1) is 0 Å². The number of hydrogen-bond acceptors (Lipinski definition) is 8. The number of likely N-dealkylation sites (tertiary alicyclic amines) is 1. The van der Waals surface area contributed by atoms with Crippen LogP contribution < -0.4 is 4.74 Å². The number of rotatable bonds is 6. The molecule has 1 atom stereocenters. The van der Waals surface area contributed by atoms with Gasteiger partial charge in [-0.1, -0.05) is 6.92 Å². The summed E-state index contributed by atoms with van der Waals surface area (Å²) in [7, 11) is -3.28. The van der Waals surface area contributed by atoms with Gasteiger partial charge in [-0.3, -0.25) is 0 Å². The standard InChI is InChI=1S/C22H27N5O5S/c1-4-15(2)31-22(28)26-11-9-17(10-12-26)32-21-19-13-25-27(20(19)23-14-24-21)16-5-7-18(8-6-16)33(3,29)30/h5-8,13-15,17H,4,9-12H2,1-3H3. The molecule has 0 aliphatic carbocycles. The second-order valence-electron chi connectivity index (χ2n) is 8.15. The Bertz CT molecular complexity index is 1230. The van der Waals surface area contributed by atoms with Gasteiger partial charge in [0.1, 0.15) is 23.9 Å². The molecule has 0 saturated carbocycles. The van der Waals surface area contributed by atoms with Crippen molar-refractivity contribution < 1.29 is 22.7 Å². The Balaban J connectivity index is 1.46. The van der Waals surface area contributed by atoms with Gasteiger partial charge < -0.3 is 14.4 Å². The van der Waals surface area contributed by atoms with Crippen molar-refractivity contribution in [1.29, 1.82) is 0 Å². The van der Waals surface area contributed by atoms with Crippen LogP contribution in [0.25, 0.3) is 16.7 Å². The number of carbonyl (C=O) groups is 1. The molecule has 1 unspecified atom stereocenters. The Kier molecular flexibility index (Phi) is 6.50. The summed E-state index contributed by atoms with van der Waals surface area (Å²) in [6, 6.07) is 6.44. The highest BCUT2D eigenvalue weighted by atomic mass is 32.2. The third kappa shape index (κ3) is 5.08. The molecule has 1 saturated heterocycles. The van der Waals surface area contributed by atoms with Crippen LogP contribution in [0.4, 0.5) is 4.79 Å². The fourth-order valence-corrected chi connectivity index (χ4v) is 4.21. The van der Waals surface area contributed by atoms with Gasteiger partial charge in [0.25, 0.3) is 0 Å². The highest BCUT2D eigenvalue weighted by molar-refractivity contribution is 7.90. The van der Waals surface area contributed by atoms with E-state index >= 15 is 0 Å². The van der Waals surface area contributed by atoms with E-state index in [0.717, 1.165) is 6.42 Å². The SMILES string of the molecule is CCC(C)OC(=O)N1CCC(Oc2ncnc3c2cnn3-c2ccc(S(C)(=O)=O)cc2)CC1. The zero-order valence-electron chi connectivity index (χ0n) is 18.8. The average molecular weight is 474 g/mol. The Morgan fingerprint density at radius 3 is 2.52 bits per heavy atom. The van der Waals surface area contributed by atoms with Gasteiger partial charge >= 0.3 is 6.09 Å². The van der Waals surface area contributed by atoms with Crippen molar-refractivity contribution in [2.24, 2.45) is 0 Å². The highest BCUT2D eigenvalue weighted by Gasteiger charge is 2.26. The first-order valence-corrected chi connectivity index (χ1v) is 12.8. The Hall–Kier alpha value is -3.21. The number of aromatic nitrogens is 4. The van der Waals surface area contributed by atoms with Crippen LogP contribution in [0, 0.1) is 0 Å². The van der Waals surface area contributed by atoms with Crippen molar-refractivity contribution in [3.05, 3.63) is 36.8 Å². The van der Waals surface area contributed by atoms with Gasteiger partial charge in [-0.25, -0.2) is 27.9 Å². The predicted molar refractivity (Wildman–Crippen MR) is 121 cm³/mol. The lowest BCUT2D eigenvalue weighted by Gasteiger charge is -2.31. The second kappa shape index (κ2) is 9.34. The van der Waals surface area contributed by atoms with Crippen molar-refractivity contribution in [3.8, 4) is 11.6 Å². The first-order valence-electron chi connectivity index (χ1n) is 10.9. The monoisotopic (exact) mass is 473 g/mol. The summed E-state index contributed by atoms with van der Waals surface area (Å²) >= 11 is 0. The molecule has 1 amide bonds. The molecule has 33 heavy (non-hydrogen) atoms. The maximum atomic E-state index is 12.2. The molecule has 1 aliphatic rings. The number of benzene rings is 1. The minimum absolute atomic E-state index is 0.0897. The number of ether oxygens (including phenoxy) is 2. The maximum Gasteiger partial charge on any atom is 0.410 e. The number of nitrogens with zero attached hydrogens (tertiary/aromatic N) is 5. The van der Waals surface area contributed by atoms with Crippen molar-refractivity contribution in [1.82, 2.24) is 24.6 Å². The quantitative estimate of drug-likeness (QED) is 0.536. The topological polar surface area (TPSA) is 117 Å². The molecule has 0 spiro atoms.